The summed E-state index contributed by atoms with van der Waals surface area (Å²) in [6.45, 7) is 1.82. The van der Waals surface area contributed by atoms with Gasteiger partial charge < -0.3 is 14.8 Å². The van der Waals surface area contributed by atoms with Crippen LogP contribution in [0.4, 0.5) is 5.69 Å². The maximum atomic E-state index is 12.3. The highest BCUT2D eigenvalue weighted by Crippen LogP contribution is 2.26. The van der Waals surface area contributed by atoms with Crippen LogP contribution in [0, 0.1) is 6.92 Å². The number of halogens is 1. The minimum atomic E-state index is -3.67. The van der Waals surface area contributed by atoms with E-state index in [2.05, 4.69) is 5.32 Å². The van der Waals surface area contributed by atoms with Gasteiger partial charge >= 0.3 is 0 Å². The number of hydrogen-bond donors (Lipinski definition) is 1. The minimum Gasteiger partial charge on any atom is -0.493 e. The second-order valence-corrected chi connectivity index (χ2v) is 8.39. The smallest absolute Gasteiger partial charge is 0.240 e. The van der Waals surface area contributed by atoms with E-state index < -0.39 is 15.9 Å². The normalized spacial score (nSPS) is 11.0. The number of hydrogen-bond acceptors (Lipinski definition) is 5. The fourth-order valence-corrected chi connectivity index (χ4v) is 3.58. The molecule has 0 saturated carbocycles. The summed E-state index contributed by atoms with van der Waals surface area (Å²) < 4.78 is 36.2. The number of aryl methyl sites for hydroxylation is 1. The summed E-state index contributed by atoms with van der Waals surface area (Å²) in [5.74, 6) is 0.702. The maximum Gasteiger partial charge on any atom is 0.240 e. The fourth-order valence-electron chi connectivity index (χ4n) is 2.51. The van der Waals surface area contributed by atoms with Crippen molar-refractivity contribution in [1.82, 2.24) is 5.32 Å². The Morgan fingerprint density at radius 3 is 2.50 bits per heavy atom. The zero-order chi connectivity index (χ0) is 20.7. The number of para-hydroxylation sites is 2. The summed E-state index contributed by atoms with van der Waals surface area (Å²) >= 11 is 5.98. The Morgan fingerprint density at radius 1 is 1.18 bits per heavy atom. The van der Waals surface area contributed by atoms with Crippen LogP contribution in [0.5, 0.6) is 11.5 Å². The highest BCUT2D eigenvalue weighted by atomic mass is 35.5. The van der Waals surface area contributed by atoms with Crippen LogP contribution in [0.3, 0.4) is 0 Å². The maximum absolute atomic E-state index is 12.3. The highest BCUT2D eigenvalue weighted by Gasteiger charge is 2.22. The third-order valence-electron chi connectivity index (χ3n) is 3.88. The SMILES string of the molecule is COc1ccccc1OCCNC(=O)CN(c1cc(Cl)ccc1C)S(C)(=O)=O. The minimum absolute atomic E-state index is 0.210. The quantitative estimate of drug-likeness (QED) is 0.623. The Kier molecular flexibility index (Phi) is 7.53. The van der Waals surface area contributed by atoms with Gasteiger partial charge in [0.1, 0.15) is 13.2 Å². The van der Waals surface area contributed by atoms with Gasteiger partial charge in [0.05, 0.1) is 25.6 Å². The Bertz CT molecular complexity index is 934. The van der Waals surface area contributed by atoms with Crippen LogP contribution in [0.15, 0.2) is 42.5 Å². The fraction of sp³-hybridized carbons (Fsp3) is 0.316. The highest BCUT2D eigenvalue weighted by molar-refractivity contribution is 7.92. The molecule has 0 bridgehead atoms. The Labute approximate surface area is 170 Å². The number of nitrogens with zero attached hydrogens (tertiary/aromatic N) is 1. The molecule has 9 heteroatoms. The van der Waals surface area contributed by atoms with Gasteiger partial charge in [0.25, 0.3) is 0 Å². The van der Waals surface area contributed by atoms with Crippen molar-refractivity contribution in [3.63, 3.8) is 0 Å². The molecule has 152 valence electrons. The molecule has 28 heavy (non-hydrogen) atoms. The van der Waals surface area contributed by atoms with E-state index in [1.54, 1.807) is 38.3 Å². The van der Waals surface area contributed by atoms with Gasteiger partial charge in [-0.3, -0.25) is 9.10 Å². The summed E-state index contributed by atoms with van der Waals surface area (Å²) in [7, 11) is -2.13. The molecule has 0 saturated heterocycles. The Balaban J connectivity index is 1.96. The van der Waals surface area contributed by atoms with Crippen LogP contribution in [0.2, 0.25) is 5.02 Å². The van der Waals surface area contributed by atoms with Crippen LogP contribution in [0.1, 0.15) is 5.56 Å². The molecular formula is C19H23ClN2O5S. The standard InChI is InChI=1S/C19H23ClN2O5S/c1-14-8-9-15(20)12-16(14)22(28(3,24)25)13-19(23)21-10-11-27-18-7-5-4-6-17(18)26-2/h4-9,12H,10-11,13H2,1-3H3,(H,21,23). The largest absolute Gasteiger partial charge is 0.493 e. The van der Waals surface area contributed by atoms with Crippen molar-refractivity contribution in [1.29, 1.82) is 0 Å². The van der Waals surface area contributed by atoms with Crippen LogP contribution in [-0.4, -0.2) is 47.4 Å². The Morgan fingerprint density at radius 2 is 1.86 bits per heavy atom. The number of ether oxygens (including phenoxy) is 2. The van der Waals surface area contributed by atoms with Gasteiger partial charge in [0.2, 0.25) is 15.9 Å². The molecule has 1 amide bonds. The number of methoxy groups -OCH3 is 1. The van der Waals surface area contributed by atoms with Crippen molar-refractivity contribution < 1.29 is 22.7 Å². The Hall–Kier alpha value is -2.45. The average molecular weight is 427 g/mol. The first kappa shape index (κ1) is 21.8. The van der Waals surface area contributed by atoms with Crippen molar-refractivity contribution in [3.05, 3.63) is 53.1 Å². The topological polar surface area (TPSA) is 84.9 Å². The second kappa shape index (κ2) is 9.66. The monoisotopic (exact) mass is 426 g/mol. The lowest BCUT2D eigenvalue weighted by Gasteiger charge is -2.23. The van der Waals surface area contributed by atoms with Crippen LogP contribution in [-0.2, 0) is 14.8 Å². The number of benzene rings is 2. The predicted molar refractivity (Wildman–Crippen MR) is 110 cm³/mol. The van der Waals surface area contributed by atoms with Gasteiger partial charge in [-0.25, -0.2) is 8.42 Å². The molecule has 0 aliphatic heterocycles. The van der Waals surface area contributed by atoms with Gasteiger partial charge in [-0.05, 0) is 36.8 Å². The third-order valence-corrected chi connectivity index (χ3v) is 5.24. The lowest BCUT2D eigenvalue weighted by molar-refractivity contribution is -0.119. The zero-order valence-corrected chi connectivity index (χ0v) is 17.5. The molecule has 1 N–H and O–H groups in total. The van der Waals surface area contributed by atoms with Gasteiger partial charge in [-0.1, -0.05) is 29.8 Å². The van der Waals surface area contributed by atoms with E-state index >= 15 is 0 Å². The molecule has 7 nitrogen and oxygen atoms in total. The van der Waals surface area contributed by atoms with Crippen molar-refractivity contribution in [2.24, 2.45) is 0 Å². The van der Waals surface area contributed by atoms with Gasteiger partial charge in [-0.15, -0.1) is 0 Å². The zero-order valence-electron chi connectivity index (χ0n) is 15.9. The molecule has 0 fully saturated rings. The molecular weight excluding hydrogens is 404 g/mol. The van der Waals surface area contributed by atoms with E-state index in [4.69, 9.17) is 21.1 Å². The first-order valence-corrected chi connectivity index (χ1v) is 10.7. The number of nitrogens with one attached hydrogen (secondary N) is 1. The second-order valence-electron chi connectivity index (χ2n) is 6.05. The molecule has 0 unspecified atom stereocenters. The summed E-state index contributed by atoms with van der Waals surface area (Å²) in [6.07, 6.45) is 1.05. The van der Waals surface area contributed by atoms with E-state index in [0.717, 1.165) is 10.6 Å². The van der Waals surface area contributed by atoms with Gasteiger partial charge in [0.15, 0.2) is 11.5 Å². The van der Waals surface area contributed by atoms with Crippen molar-refractivity contribution in [2.45, 2.75) is 6.92 Å². The predicted octanol–water partition coefficient (Wildman–Crippen LogP) is 2.62. The summed E-state index contributed by atoms with van der Waals surface area (Å²) in [4.78, 5) is 12.3. The van der Waals surface area contributed by atoms with Crippen LogP contribution < -0.4 is 19.1 Å². The van der Waals surface area contributed by atoms with Crippen molar-refractivity contribution >= 4 is 33.2 Å². The summed E-state index contributed by atoms with van der Waals surface area (Å²) in [5, 5.41) is 3.04. The molecule has 0 aliphatic carbocycles. The number of rotatable bonds is 9. The van der Waals surface area contributed by atoms with Gasteiger partial charge in [0, 0.05) is 5.02 Å². The first-order chi connectivity index (χ1) is 13.2. The molecule has 2 aromatic carbocycles. The lowest BCUT2D eigenvalue weighted by Crippen LogP contribution is -2.41. The number of carbonyl (C=O) groups excluding carboxylic acids is 1. The third kappa shape index (κ3) is 6.03. The van der Waals surface area contributed by atoms with Crippen molar-refractivity contribution in [3.8, 4) is 11.5 Å². The molecule has 0 atom stereocenters. The van der Waals surface area contributed by atoms with E-state index in [9.17, 15) is 13.2 Å². The molecule has 0 aromatic heterocycles. The average Bonchev–Trinajstić information content (AvgIpc) is 2.65. The number of sulfonamides is 1. The number of amides is 1. The molecule has 2 aromatic rings. The number of carbonyl (C=O) groups is 1. The van der Waals surface area contributed by atoms with E-state index in [-0.39, 0.29) is 19.7 Å². The molecule has 0 aliphatic rings. The van der Waals surface area contributed by atoms with Crippen LogP contribution in [0.25, 0.3) is 0 Å². The van der Waals surface area contributed by atoms with Gasteiger partial charge in [-0.2, -0.15) is 0 Å². The van der Waals surface area contributed by atoms with E-state index in [1.165, 1.54) is 6.07 Å². The van der Waals surface area contributed by atoms with E-state index in [0.29, 0.717) is 27.8 Å². The van der Waals surface area contributed by atoms with Crippen LogP contribution >= 0.6 is 11.6 Å². The number of anilines is 1. The van der Waals surface area contributed by atoms with Crippen molar-refractivity contribution in [2.75, 3.05) is 37.4 Å². The molecule has 0 spiro atoms. The van der Waals surface area contributed by atoms with E-state index in [1.807, 2.05) is 12.1 Å². The molecule has 0 heterocycles. The summed E-state index contributed by atoms with van der Waals surface area (Å²) in [6, 6.07) is 12.1. The summed E-state index contributed by atoms with van der Waals surface area (Å²) in [5.41, 5.74) is 1.07. The first-order valence-electron chi connectivity index (χ1n) is 8.48. The lowest BCUT2D eigenvalue weighted by atomic mass is 10.2. The molecule has 0 radical (unpaired) electrons. The molecule has 2 rings (SSSR count).